The fraction of sp³-hybridized carbons (Fsp3) is 0.235. The number of nitrogens with one attached hydrogen (secondary N) is 2. The van der Waals surface area contributed by atoms with Crippen molar-refractivity contribution in [2.75, 3.05) is 11.9 Å². The summed E-state index contributed by atoms with van der Waals surface area (Å²) in [6, 6.07) is 11.6. The van der Waals surface area contributed by atoms with Crippen LogP contribution in [0.5, 0.6) is 0 Å². The predicted molar refractivity (Wildman–Crippen MR) is 81.0 cm³/mol. The summed E-state index contributed by atoms with van der Waals surface area (Å²) in [4.78, 5) is 12.4. The molecule has 0 fully saturated rings. The molecule has 3 rings (SSSR count). The largest absolute Gasteiger partial charge is 0.416 e. The zero-order valence-electron chi connectivity index (χ0n) is 12.2. The lowest BCUT2D eigenvalue weighted by molar-refractivity contribution is -0.137. The molecule has 23 heavy (non-hydrogen) atoms. The summed E-state index contributed by atoms with van der Waals surface area (Å²) in [5.74, 6) is -0.281. The number of alkyl halides is 3. The van der Waals surface area contributed by atoms with Crippen molar-refractivity contribution < 1.29 is 18.0 Å². The van der Waals surface area contributed by atoms with Crippen molar-refractivity contribution in [2.45, 2.75) is 18.6 Å². The number of carbonyl (C=O) groups excluding carboxylic acids is 1. The van der Waals surface area contributed by atoms with E-state index >= 15 is 0 Å². The highest BCUT2D eigenvalue weighted by Crippen LogP contribution is 2.30. The Morgan fingerprint density at radius 1 is 1.09 bits per heavy atom. The van der Waals surface area contributed by atoms with Crippen LogP contribution in [0.4, 0.5) is 18.9 Å². The summed E-state index contributed by atoms with van der Waals surface area (Å²) in [5, 5.41) is 5.80. The number of benzene rings is 2. The molecule has 1 aliphatic heterocycles. The van der Waals surface area contributed by atoms with Gasteiger partial charge in [0.15, 0.2) is 0 Å². The molecule has 0 aromatic heterocycles. The highest BCUT2D eigenvalue weighted by Gasteiger charge is 2.30. The van der Waals surface area contributed by atoms with Crippen LogP contribution in [0.2, 0.25) is 0 Å². The molecule has 1 amide bonds. The summed E-state index contributed by atoms with van der Waals surface area (Å²) in [5.41, 5.74) is 1.62. The van der Waals surface area contributed by atoms with Gasteiger partial charge >= 0.3 is 6.18 Å². The van der Waals surface area contributed by atoms with Gasteiger partial charge in [-0.3, -0.25) is 4.79 Å². The zero-order chi connectivity index (χ0) is 16.4. The first-order valence-corrected chi connectivity index (χ1v) is 7.24. The number of hydrogen-bond donors (Lipinski definition) is 2. The second-order valence-electron chi connectivity index (χ2n) is 5.40. The number of halogens is 3. The second kappa shape index (κ2) is 6.04. The molecule has 2 aromatic carbocycles. The van der Waals surface area contributed by atoms with Crippen LogP contribution in [0.25, 0.3) is 0 Å². The van der Waals surface area contributed by atoms with Crippen LogP contribution >= 0.6 is 0 Å². The van der Waals surface area contributed by atoms with E-state index in [1.807, 2.05) is 24.3 Å². The Morgan fingerprint density at radius 3 is 2.48 bits per heavy atom. The fourth-order valence-electron chi connectivity index (χ4n) is 2.70. The first-order chi connectivity index (χ1) is 10.9. The van der Waals surface area contributed by atoms with Gasteiger partial charge in [-0.05, 0) is 41.8 Å². The monoisotopic (exact) mass is 320 g/mol. The quantitative estimate of drug-likeness (QED) is 0.889. The molecule has 0 saturated heterocycles. The minimum Gasteiger partial charge on any atom is -0.324 e. The summed E-state index contributed by atoms with van der Waals surface area (Å²) < 4.78 is 37.6. The summed E-state index contributed by atoms with van der Waals surface area (Å²) >= 11 is 0. The van der Waals surface area contributed by atoms with Crippen LogP contribution in [-0.2, 0) is 17.4 Å². The molecule has 0 saturated carbocycles. The van der Waals surface area contributed by atoms with E-state index in [-0.39, 0.29) is 5.91 Å². The third-order valence-electron chi connectivity index (χ3n) is 3.85. The molecule has 3 nitrogen and oxygen atoms in total. The minimum atomic E-state index is -4.38. The van der Waals surface area contributed by atoms with Crippen molar-refractivity contribution in [1.82, 2.24) is 5.32 Å². The van der Waals surface area contributed by atoms with Crippen LogP contribution in [0, 0.1) is 0 Å². The van der Waals surface area contributed by atoms with E-state index in [0.717, 1.165) is 29.7 Å². The molecule has 0 spiro atoms. The molecular weight excluding hydrogens is 305 g/mol. The Bertz CT molecular complexity index is 711. The lowest BCUT2D eigenvalue weighted by Crippen LogP contribution is -2.38. The van der Waals surface area contributed by atoms with Gasteiger partial charge in [0.1, 0.15) is 6.04 Å². The molecule has 1 aliphatic rings. The average Bonchev–Trinajstić information content (AvgIpc) is 2.54. The van der Waals surface area contributed by atoms with Crippen LogP contribution < -0.4 is 10.6 Å². The van der Waals surface area contributed by atoms with Crippen molar-refractivity contribution >= 4 is 11.6 Å². The molecule has 2 aromatic rings. The van der Waals surface area contributed by atoms with E-state index < -0.39 is 17.8 Å². The van der Waals surface area contributed by atoms with Crippen molar-refractivity contribution in [2.24, 2.45) is 0 Å². The van der Waals surface area contributed by atoms with Gasteiger partial charge in [0.2, 0.25) is 5.91 Å². The van der Waals surface area contributed by atoms with Gasteiger partial charge in [-0.25, -0.2) is 0 Å². The predicted octanol–water partition coefficient (Wildman–Crippen LogP) is 3.53. The summed E-state index contributed by atoms with van der Waals surface area (Å²) in [6.07, 6.45) is -3.54. The zero-order valence-corrected chi connectivity index (χ0v) is 12.2. The molecule has 2 N–H and O–H groups in total. The van der Waals surface area contributed by atoms with Crippen molar-refractivity contribution in [3.8, 4) is 0 Å². The average molecular weight is 320 g/mol. The number of fused-ring (bicyclic) bond motifs is 1. The topological polar surface area (TPSA) is 41.1 Å². The van der Waals surface area contributed by atoms with Gasteiger partial charge in [0.05, 0.1) is 5.56 Å². The molecule has 0 radical (unpaired) electrons. The van der Waals surface area contributed by atoms with E-state index in [2.05, 4.69) is 10.6 Å². The van der Waals surface area contributed by atoms with E-state index in [0.29, 0.717) is 12.2 Å². The van der Waals surface area contributed by atoms with E-state index in [1.54, 1.807) is 0 Å². The molecule has 1 atom stereocenters. The SMILES string of the molecule is O=C(Nc1ccc(C(F)(F)F)cc1)C1NCCc2ccccc21. The molecule has 1 unspecified atom stereocenters. The van der Waals surface area contributed by atoms with Crippen molar-refractivity contribution in [3.05, 3.63) is 65.2 Å². The van der Waals surface area contributed by atoms with Crippen LogP contribution in [0.3, 0.4) is 0 Å². The Balaban J connectivity index is 1.75. The number of carbonyl (C=O) groups is 1. The standard InChI is InChI=1S/C17H15F3N2O/c18-17(19,20)12-5-7-13(8-6-12)22-16(23)15-14-4-2-1-3-11(14)9-10-21-15/h1-8,15,21H,9-10H2,(H,22,23). The highest BCUT2D eigenvalue weighted by atomic mass is 19.4. The Hall–Kier alpha value is -2.34. The molecular formula is C17H15F3N2O. The number of rotatable bonds is 2. The lowest BCUT2D eigenvalue weighted by Gasteiger charge is -2.26. The maximum Gasteiger partial charge on any atom is 0.416 e. The number of anilines is 1. The van der Waals surface area contributed by atoms with Crippen LogP contribution in [0.15, 0.2) is 48.5 Å². The third-order valence-corrected chi connectivity index (χ3v) is 3.85. The van der Waals surface area contributed by atoms with E-state index in [4.69, 9.17) is 0 Å². The van der Waals surface area contributed by atoms with Crippen LogP contribution in [-0.4, -0.2) is 12.5 Å². The maximum absolute atomic E-state index is 12.5. The lowest BCUT2D eigenvalue weighted by atomic mass is 9.94. The van der Waals surface area contributed by atoms with Gasteiger partial charge in [-0.2, -0.15) is 13.2 Å². The van der Waals surface area contributed by atoms with Gasteiger partial charge in [-0.15, -0.1) is 0 Å². The first kappa shape index (κ1) is 15.6. The van der Waals surface area contributed by atoms with Gasteiger partial charge in [0, 0.05) is 12.2 Å². The van der Waals surface area contributed by atoms with E-state index in [9.17, 15) is 18.0 Å². The fourth-order valence-corrected chi connectivity index (χ4v) is 2.70. The van der Waals surface area contributed by atoms with Gasteiger partial charge < -0.3 is 10.6 Å². The first-order valence-electron chi connectivity index (χ1n) is 7.24. The molecule has 0 bridgehead atoms. The molecule has 0 aliphatic carbocycles. The summed E-state index contributed by atoms with van der Waals surface area (Å²) in [6.45, 7) is 0.683. The minimum absolute atomic E-state index is 0.281. The van der Waals surface area contributed by atoms with Crippen molar-refractivity contribution in [3.63, 3.8) is 0 Å². The maximum atomic E-state index is 12.5. The Labute approximate surface area is 131 Å². The Kier molecular flexibility index (Phi) is 4.09. The number of hydrogen-bond acceptors (Lipinski definition) is 2. The van der Waals surface area contributed by atoms with Crippen molar-refractivity contribution in [1.29, 1.82) is 0 Å². The summed E-state index contributed by atoms with van der Waals surface area (Å²) in [7, 11) is 0. The molecule has 120 valence electrons. The molecule has 6 heteroatoms. The third kappa shape index (κ3) is 3.37. The van der Waals surface area contributed by atoms with Crippen LogP contribution in [0.1, 0.15) is 22.7 Å². The molecule has 1 heterocycles. The highest BCUT2D eigenvalue weighted by molar-refractivity contribution is 5.96. The number of amides is 1. The van der Waals surface area contributed by atoms with Gasteiger partial charge in [-0.1, -0.05) is 24.3 Å². The second-order valence-corrected chi connectivity index (χ2v) is 5.40. The van der Waals surface area contributed by atoms with Gasteiger partial charge in [0.25, 0.3) is 0 Å². The normalized spacial score (nSPS) is 17.4. The Morgan fingerprint density at radius 2 is 1.78 bits per heavy atom. The van der Waals surface area contributed by atoms with E-state index in [1.165, 1.54) is 12.1 Å². The smallest absolute Gasteiger partial charge is 0.324 e.